The number of amides is 1. The van der Waals surface area contributed by atoms with Crippen LogP contribution in [0.25, 0.3) is 11.3 Å². The molecular formula is C20H17N3O5. The standard InChI is InChI=1S/C20H17N3O5/c1-14-7-9-17(18(11-14)23(25)26)19-10-8-16(28-19)12-21-22-20(24)13-27-15-5-3-2-4-6-15/h2-12H,13H2,1H3,(H,22,24)/b21-12-. The number of furan rings is 1. The molecule has 0 unspecified atom stereocenters. The molecule has 0 saturated carbocycles. The third-order valence-electron chi connectivity index (χ3n) is 3.74. The van der Waals surface area contributed by atoms with Gasteiger partial charge in [-0.05, 0) is 42.8 Å². The molecule has 28 heavy (non-hydrogen) atoms. The summed E-state index contributed by atoms with van der Waals surface area (Å²) in [6, 6.07) is 17.0. The van der Waals surface area contributed by atoms with Gasteiger partial charge in [0, 0.05) is 6.07 Å². The van der Waals surface area contributed by atoms with E-state index in [1.807, 2.05) is 6.07 Å². The molecule has 1 N–H and O–H groups in total. The van der Waals surface area contributed by atoms with Gasteiger partial charge in [0.15, 0.2) is 6.61 Å². The Balaban J connectivity index is 1.60. The third-order valence-corrected chi connectivity index (χ3v) is 3.74. The first-order valence-electron chi connectivity index (χ1n) is 8.38. The minimum atomic E-state index is -0.453. The summed E-state index contributed by atoms with van der Waals surface area (Å²) in [6.07, 6.45) is 1.31. The fraction of sp³-hybridized carbons (Fsp3) is 0.100. The van der Waals surface area contributed by atoms with E-state index in [1.54, 1.807) is 55.5 Å². The van der Waals surface area contributed by atoms with Gasteiger partial charge in [-0.3, -0.25) is 14.9 Å². The van der Waals surface area contributed by atoms with E-state index in [2.05, 4.69) is 10.5 Å². The van der Waals surface area contributed by atoms with E-state index in [4.69, 9.17) is 9.15 Å². The minimum absolute atomic E-state index is 0.0378. The van der Waals surface area contributed by atoms with Crippen LogP contribution in [0.2, 0.25) is 0 Å². The van der Waals surface area contributed by atoms with Gasteiger partial charge in [-0.1, -0.05) is 24.3 Å². The van der Waals surface area contributed by atoms with Crippen LogP contribution < -0.4 is 10.2 Å². The Hall–Kier alpha value is -3.94. The lowest BCUT2D eigenvalue weighted by Crippen LogP contribution is -2.24. The predicted octanol–water partition coefficient (Wildman–Crippen LogP) is 3.69. The first-order valence-corrected chi connectivity index (χ1v) is 8.38. The molecule has 0 atom stereocenters. The number of carbonyl (C=O) groups is 1. The third kappa shape index (κ3) is 4.82. The highest BCUT2D eigenvalue weighted by atomic mass is 16.6. The normalized spacial score (nSPS) is 10.8. The van der Waals surface area contributed by atoms with Crippen LogP contribution >= 0.6 is 0 Å². The Morgan fingerprint density at radius 2 is 2.00 bits per heavy atom. The lowest BCUT2D eigenvalue weighted by atomic mass is 10.1. The van der Waals surface area contributed by atoms with Crippen LogP contribution in [0.5, 0.6) is 5.75 Å². The second-order valence-electron chi connectivity index (χ2n) is 5.87. The fourth-order valence-corrected chi connectivity index (χ4v) is 2.43. The molecule has 3 rings (SSSR count). The highest BCUT2D eigenvalue weighted by Gasteiger charge is 2.18. The molecule has 2 aromatic carbocycles. The Bertz CT molecular complexity index is 1010. The summed E-state index contributed by atoms with van der Waals surface area (Å²) in [7, 11) is 0. The van der Waals surface area contributed by atoms with Crippen LogP contribution in [0.3, 0.4) is 0 Å². The summed E-state index contributed by atoms with van der Waals surface area (Å²) in [6.45, 7) is 1.60. The van der Waals surface area contributed by atoms with Gasteiger partial charge in [-0.2, -0.15) is 5.10 Å². The van der Waals surface area contributed by atoms with Gasteiger partial charge in [0.1, 0.15) is 17.3 Å². The van der Waals surface area contributed by atoms with E-state index in [1.165, 1.54) is 12.3 Å². The molecule has 1 heterocycles. The van der Waals surface area contributed by atoms with Gasteiger partial charge < -0.3 is 9.15 Å². The van der Waals surface area contributed by atoms with Crippen molar-refractivity contribution in [1.82, 2.24) is 5.43 Å². The zero-order valence-corrected chi connectivity index (χ0v) is 15.0. The smallest absolute Gasteiger partial charge is 0.280 e. The fourth-order valence-electron chi connectivity index (χ4n) is 2.43. The average molecular weight is 379 g/mol. The Labute approximate surface area is 160 Å². The van der Waals surface area contributed by atoms with Crippen LogP contribution in [0.4, 0.5) is 5.69 Å². The van der Waals surface area contributed by atoms with Crippen molar-refractivity contribution in [3.63, 3.8) is 0 Å². The van der Waals surface area contributed by atoms with Gasteiger partial charge in [0.05, 0.1) is 16.7 Å². The quantitative estimate of drug-likeness (QED) is 0.383. The summed E-state index contributed by atoms with van der Waals surface area (Å²) in [4.78, 5) is 22.5. The molecule has 8 nitrogen and oxygen atoms in total. The number of nitrogens with zero attached hydrogens (tertiary/aromatic N) is 2. The maximum atomic E-state index is 11.7. The Morgan fingerprint density at radius 1 is 1.21 bits per heavy atom. The van der Waals surface area contributed by atoms with Gasteiger partial charge in [-0.25, -0.2) is 5.43 Å². The topological polar surface area (TPSA) is 107 Å². The van der Waals surface area contributed by atoms with Crippen molar-refractivity contribution in [1.29, 1.82) is 0 Å². The number of hydrogen-bond acceptors (Lipinski definition) is 6. The molecule has 0 spiro atoms. The molecule has 0 bridgehead atoms. The molecule has 0 aliphatic carbocycles. The van der Waals surface area contributed by atoms with Crippen LogP contribution in [0, 0.1) is 17.0 Å². The van der Waals surface area contributed by atoms with E-state index in [9.17, 15) is 14.9 Å². The van der Waals surface area contributed by atoms with Gasteiger partial charge >= 0.3 is 0 Å². The summed E-state index contributed by atoms with van der Waals surface area (Å²) in [5.41, 5.74) is 3.44. The number of benzene rings is 2. The van der Waals surface area contributed by atoms with E-state index in [0.29, 0.717) is 22.8 Å². The summed E-state index contributed by atoms with van der Waals surface area (Å²) in [5.74, 6) is 0.832. The van der Waals surface area contributed by atoms with Crippen molar-refractivity contribution < 1.29 is 18.9 Å². The molecule has 1 amide bonds. The minimum Gasteiger partial charge on any atom is -0.484 e. The van der Waals surface area contributed by atoms with Crippen molar-refractivity contribution >= 4 is 17.8 Å². The first-order chi connectivity index (χ1) is 13.5. The maximum Gasteiger partial charge on any atom is 0.280 e. The Kier molecular flexibility index (Phi) is 5.81. The zero-order valence-electron chi connectivity index (χ0n) is 15.0. The molecular weight excluding hydrogens is 362 g/mol. The van der Waals surface area contributed by atoms with Crippen molar-refractivity contribution in [2.24, 2.45) is 5.10 Å². The SMILES string of the molecule is Cc1ccc(-c2ccc(/C=N\NC(=O)COc3ccccc3)o2)c([N+](=O)[O-])c1. The lowest BCUT2D eigenvalue weighted by molar-refractivity contribution is -0.384. The van der Waals surface area contributed by atoms with E-state index in [-0.39, 0.29) is 12.3 Å². The van der Waals surface area contributed by atoms with Crippen LogP contribution in [0.15, 0.2) is 70.2 Å². The molecule has 8 heteroatoms. The number of hydrazone groups is 1. The van der Waals surface area contributed by atoms with Crippen LogP contribution in [-0.4, -0.2) is 23.7 Å². The summed E-state index contributed by atoms with van der Waals surface area (Å²) >= 11 is 0. The van der Waals surface area contributed by atoms with Gasteiger partial charge in [-0.15, -0.1) is 0 Å². The number of nitro groups is 1. The Morgan fingerprint density at radius 3 is 2.75 bits per heavy atom. The average Bonchev–Trinajstić information content (AvgIpc) is 3.16. The summed E-state index contributed by atoms with van der Waals surface area (Å²) in [5, 5.41) is 15.0. The number of para-hydroxylation sites is 1. The number of carbonyl (C=O) groups excluding carboxylic acids is 1. The van der Waals surface area contributed by atoms with Crippen molar-refractivity contribution in [3.8, 4) is 17.1 Å². The molecule has 0 fully saturated rings. The predicted molar refractivity (Wildman–Crippen MR) is 103 cm³/mol. The highest BCUT2D eigenvalue weighted by molar-refractivity contribution is 5.82. The molecule has 0 aliphatic rings. The van der Waals surface area contributed by atoms with E-state index >= 15 is 0 Å². The number of aryl methyl sites for hydroxylation is 1. The number of ether oxygens (including phenoxy) is 1. The number of nitrogens with one attached hydrogen (secondary N) is 1. The molecule has 0 aliphatic heterocycles. The second-order valence-corrected chi connectivity index (χ2v) is 5.87. The maximum absolute atomic E-state index is 11.7. The van der Waals surface area contributed by atoms with E-state index in [0.717, 1.165) is 5.56 Å². The largest absolute Gasteiger partial charge is 0.484 e. The molecule has 0 radical (unpaired) electrons. The monoisotopic (exact) mass is 379 g/mol. The first kappa shape index (κ1) is 18.8. The molecule has 142 valence electrons. The highest BCUT2D eigenvalue weighted by Crippen LogP contribution is 2.31. The molecule has 1 aromatic heterocycles. The van der Waals surface area contributed by atoms with Crippen molar-refractivity contribution in [2.75, 3.05) is 6.61 Å². The molecule has 0 saturated heterocycles. The lowest BCUT2D eigenvalue weighted by Gasteiger charge is -2.03. The van der Waals surface area contributed by atoms with Crippen molar-refractivity contribution in [3.05, 3.63) is 82.1 Å². The van der Waals surface area contributed by atoms with Gasteiger partial charge in [0.2, 0.25) is 0 Å². The van der Waals surface area contributed by atoms with Crippen molar-refractivity contribution in [2.45, 2.75) is 6.92 Å². The van der Waals surface area contributed by atoms with Crippen LogP contribution in [-0.2, 0) is 4.79 Å². The van der Waals surface area contributed by atoms with E-state index < -0.39 is 10.8 Å². The number of hydrogen-bond donors (Lipinski definition) is 1. The number of nitro benzene ring substituents is 1. The zero-order chi connectivity index (χ0) is 19.9. The summed E-state index contributed by atoms with van der Waals surface area (Å²) < 4.78 is 10.9. The number of rotatable bonds is 7. The molecule has 3 aromatic rings. The second kappa shape index (κ2) is 8.63. The van der Waals surface area contributed by atoms with Crippen LogP contribution in [0.1, 0.15) is 11.3 Å². The van der Waals surface area contributed by atoms with Gasteiger partial charge in [0.25, 0.3) is 11.6 Å².